The number of aromatic hydroxyl groups is 1. The number of fused-ring (bicyclic) bond motifs is 5. The molecular weight excluding hydrogens is 602 g/mol. The lowest BCUT2D eigenvalue weighted by atomic mass is 9.44. The summed E-state index contributed by atoms with van der Waals surface area (Å²) >= 11 is 0. The van der Waals surface area contributed by atoms with Crippen molar-refractivity contribution in [3.05, 3.63) is 125 Å². The number of phenols is 1. The van der Waals surface area contributed by atoms with Gasteiger partial charge < -0.3 is 9.84 Å². The minimum absolute atomic E-state index is 0.104. The van der Waals surface area contributed by atoms with Crippen molar-refractivity contribution >= 4 is 29.0 Å². The van der Waals surface area contributed by atoms with E-state index in [4.69, 9.17) is 4.74 Å². The van der Waals surface area contributed by atoms with Crippen LogP contribution in [-0.4, -0.2) is 38.9 Å². The van der Waals surface area contributed by atoms with Gasteiger partial charge in [-0.15, -0.1) is 0 Å². The van der Waals surface area contributed by atoms with Gasteiger partial charge in [-0.2, -0.15) is 0 Å². The van der Waals surface area contributed by atoms with Crippen molar-refractivity contribution < 1.29 is 29.0 Å². The number of nitrogens with zero attached hydrogens (tertiary/aromatic N) is 1. The number of amides is 2. The van der Waals surface area contributed by atoms with Crippen molar-refractivity contribution in [3.8, 4) is 11.5 Å². The lowest BCUT2D eigenvalue weighted by Gasteiger charge is -2.56. The van der Waals surface area contributed by atoms with Gasteiger partial charge >= 0.3 is 0 Å². The quantitative estimate of drug-likeness (QED) is 0.264. The van der Waals surface area contributed by atoms with Crippen LogP contribution in [-0.2, 0) is 31.0 Å². The minimum Gasteiger partial charge on any atom is -0.508 e. The van der Waals surface area contributed by atoms with Crippen molar-refractivity contribution in [2.75, 3.05) is 0 Å². The smallest absolute Gasteiger partial charge is 0.234 e. The number of hydrogen-bond donors (Lipinski definition) is 1. The van der Waals surface area contributed by atoms with Gasteiger partial charge in [-0.3, -0.25) is 24.1 Å². The van der Waals surface area contributed by atoms with Crippen LogP contribution in [0.15, 0.2) is 108 Å². The highest BCUT2D eigenvalue weighted by molar-refractivity contribution is 6.31. The van der Waals surface area contributed by atoms with E-state index in [0.717, 1.165) is 22.3 Å². The molecule has 7 nitrogen and oxygen atoms in total. The van der Waals surface area contributed by atoms with Crippen LogP contribution in [0.3, 0.4) is 0 Å². The fourth-order valence-corrected chi connectivity index (χ4v) is 9.35. The van der Waals surface area contributed by atoms with E-state index in [-0.39, 0.29) is 35.6 Å². The van der Waals surface area contributed by atoms with Crippen LogP contribution in [0.2, 0.25) is 0 Å². The Morgan fingerprint density at radius 3 is 2.29 bits per heavy atom. The maximum atomic E-state index is 15.1. The van der Waals surface area contributed by atoms with Crippen molar-refractivity contribution in [1.29, 1.82) is 0 Å². The zero-order chi connectivity index (χ0) is 33.5. The molecule has 3 aromatic rings. The van der Waals surface area contributed by atoms with Gasteiger partial charge in [0.1, 0.15) is 11.5 Å². The van der Waals surface area contributed by atoms with Gasteiger partial charge in [0.25, 0.3) is 0 Å². The summed E-state index contributed by atoms with van der Waals surface area (Å²) in [5.74, 6) is -3.01. The summed E-state index contributed by atoms with van der Waals surface area (Å²) < 4.78 is 6.18. The highest BCUT2D eigenvalue weighted by Crippen LogP contribution is 2.63. The van der Waals surface area contributed by atoms with E-state index in [2.05, 4.69) is 6.08 Å². The van der Waals surface area contributed by atoms with Crippen LogP contribution >= 0.6 is 0 Å². The molecular formula is C41H37NO6. The van der Waals surface area contributed by atoms with E-state index < -0.39 is 40.5 Å². The molecule has 0 aromatic heterocycles. The number of ketones is 2. The molecule has 2 amide bonds. The van der Waals surface area contributed by atoms with Gasteiger partial charge in [-0.1, -0.05) is 72.3 Å². The first-order chi connectivity index (χ1) is 23.0. The van der Waals surface area contributed by atoms with Gasteiger partial charge in [0.15, 0.2) is 11.6 Å². The Labute approximate surface area is 279 Å². The molecule has 0 radical (unpaired) electrons. The number of ether oxygens (including phenoxy) is 1. The maximum absolute atomic E-state index is 15.1. The van der Waals surface area contributed by atoms with Gasteiger partial charge in [0.05, 0.1) is 23.5 Å². The zero-order valence-electron chi connectivity index (χ0n) is 27.2. The van der Waals surface area contributed by atoms with Crippen LogP contribution in [0, 0.1) is 29.6 Å². The van der Waals surface area contributed by atoms with Gasteiger partial charge in [0, 0.05) is 34.9 Å². The summed E-state index contributed by atoms with van der Waals surface area (Å²) in [5.41, 5.74) is 2.23. The second-order valence-electron chi connectivity index (χ2n) is 14.7. The first-order valence-corrected chi connectivity index (χ1v) is 16.7. The number of allylic oxidation sites excluding steroid dienone is 5. The molecule has 6 atom stereocenters. The van der Waals surface area contributed by atoms with E-state index in [1.807, 2.05) is 81.4 Å². The van der Waals surface area contributed by atoms with Gasteiger partial charge in [0.2, 0.25) is 11.8 Å². The molecule has 3 aromatic carbocycles. The maximum Gasteiger partial charge on any atom is 0.234 e. The molecule has 1 saturated heterocycles. The summed E-state index contributed by atoms with van der Waals surface area (Å²) in [6.45, 7) is 5.61. The van der Waals surface area contributed by atoms with Crippen molar-refractivity contribution in [2.24, 2.45) is 29.6 Å². The topological polar surface area (TPSA) is 101 Å². The Balaban J connectivity index is 1.37. The number of carbonyl (C=O) groups is 4. The standard InChI is InChI=1S/C41H37NO6/c1-40(2,3)42-38(46)29-16-15-28-31(35(29)39(42)47)20-32-37(45)30(23-10-6-4-7-11-23)21-34(44)41(32,26-12-8-5-9-13-26)36(28)25-18-24-19-27(43)14-17-33(24)48-22-25/h4-15,17,19,21-22,29,31-32,35-36,43H,16,18,20H2,1-3H3. The molecule has 2 fully saturated rings. The summed E-state index contributed by atoms with van der Waals surface area (Å²) in [6, 6.07) is 23.8. The Morgan fingerprint density at radius 1 is 0.875 bits per heavy atom. The Hall–Kier alpha value is -5.04. The first kappa shape index (κ1) is 30.3. The van der Waals surface area contributed by atoms with E-state index in [0.29, 0.717) is 29.7 Å². The monoisotopic (exact) mass is 639 g/mol. The molecule has 7 heteroatoms. The van der Waals surface area contributed by atoms with Crippen LogP contribution in [0.1, 0.15) is 50.3 Å². The largest absolute Gasteiger partial charge is 0.508 e. The number of hydrogen-bond acceptors (Lipinski definition) is 6. The molecule has 1 saturated carbocycles. The number of Topliss-reactive ketones (excluding diaryl/α,β-unsaturated/α-hetero) is 1. The normalized spacial score (nSPS) is 29.5. The number of imide groups is 1. The van der Waals surface area contributed by atoms with Gasteiger partial charge in [-0.05, 0) is 80.5 Å². The third kappa shape index (κ3) is 4.26. The summed E-state index contributed by atoms with van der Waals surface area (Å²) in [7, 11) is 0. The summed E-state index contributed by atoms with van der Waals surface area (Å²) in [5, 5.41) is 10.4. The minimum atomic E-state index is -1.31. The Bertz CT molecular complexity index is 1980. The average molecular weight is 640 g/mol. The highest BCUT2D eigenvalue weighted by atomic mass is 16.5. The molecule has 8 rings (SSSR count). The van der Waals surface area contributed by atoms with Crippen LogP contribution in [0.4, 0.5) is 0 Å². The van der Waals surface area contributed by atoms with E-state index in [1.165, 1.54) is 11.0 Å². The van der Waals surface area contributed by atoms with Crippen molar-refractivity contribution in [1.82, 2.24) is 4.90 Å². The second kappa shape index (κ2) is 10.7. The van der Waals surface area contributed by atoms with Crippen LogP contribution in [0.25, 0.3) is 5.57 Å². The lowest BCUT2D eigenvalue weighted by molar-refractivity contribution is -0.146. The molecule has 0 spiro atoms. The second-order valence-corrected chi connectivity index (χ2v) is 14.7. The fraction of sp³-hybridized carbons (Fsp3) is 0.317. The predicted octanol–water partition coefficient (Wildman–Crippen LogP) is 6.37. The SMILES string of the molecule is CC(C)(C)N1C(=O)C2CC=C3C(CC4C(=O)C(c5ccccc5)=CC(=O)C4(c4ccccc4)C3C3=COc4ccc(O)cc4C3)C2C1=O. The molecule has 6 unspecified atom stereocenters. The molecule has 48 heavy (non-hydrogen) atoms. The molecule has 3 aliphatic carbocycles. The zero-order valence-corrected chi connectivity index (χ0v) is 27.2. The van der Waals surface area contributed by atoms with Crippen LogP contribution < -0.4 is 4.74 Å². The summed E-state index contributed by atoms with van der Waals surface area (Å²) in [6.07, 6.45) is 6.30. The molecule has 0 bridgehead atoms. The number of phenolic OH excluding ortho intramolecular Hbond substituents is 1. The van der Waals surface area contributed by atoms with E-state index in [1.54, 1.807) is 24.5 Å². The number of likely N-dealkylation sites (tertiary alicyclic amines) is 1. The number of carbonyl (C=O) groups excluding carboxylic acids is 4. The van der Waals surface area contributed by atoms with Crippen molar-refractivity contribution in [3.63, 3.8) is 0 Å². The Kier molecular flexibility index (Phi) is 6.78. The Morgan fingerprint density at radius 2 is 1.58 bits per heavy atom. The lowest BCUT2D eigenvalue weighted by Crippen LogP contribution is -2.60. The molecule has 2 aliphatic heterocycles. The van der Waals surface area contributed by atoms with Crippen LogP contribution in [0.5, 0.6) is 11.5 Å². The molecule has 242 valence electrons. The molecule has 2 heterocycles. The highest BCUT2D eigenvalue weighted by Gasteiger charge is 2.66. The number of rotatable bonds is 3. The molecule has 1 N–H and O–H groups in total. The van der Waals surface area contributed by atoms with E-state index in [9.17, 15) is 14.7 Å². The average Bonchev–Trinajstić information content (AvgIpc) is 3.35. The predicted molar refractivity (Wildman–Crippen MR) is 179 cm³/mol. The molecule has 5 aliphatic rings. The van der Waals surface area contributed by atoms with E-state index >= 15 is 9.59 Å². The van der Waals surface area contributed by atoms with Crippen molar-refractivity contribution in [2.45, 2.75) is 51.0 Å². The third-order valence-corrected chi connectivity index (χ3v) is 11.2. The number of benzene rings is 3. The van der Waals surface area contributed by atoms with Gasteiger partial charge in [-0.25, -0.2) is 0 Å². The third-order valence-electron chi connectivity index (χ3n) is 11.2. The fourth-order valence-electron chi connectivity index (χ4n) is 9.35. The first-order valence-electron chi connectivity index (χ1n) is 16.7. The summed E-state index contributed by atoms with van der Waals surface area (Å²) in [4.78, 5) is 59.7.